The third kappa shape index (κ3) is 3.83. The molecule has 3 rings (SSSR count). The van der Waals surface area contributed by atoms with E-state index < -0.39 is 23.6 Å². The molecule has 1 heterocycles. The largest absolute Gasteiger partial charge is 0.437 e. The Morgan fingerprint density at radius 3 is 2.59 bits per heavy atom. The summed E-state index contributed by atoms with van der Waals surface area (Å²) in [6, 6.07) is 9.79. The van der Waals surface area contributed by atoms with Crippen LogP contribution >= 0.6 is 11.6 Å². The second-order valence-electron chi connectivity index (χ2n) is 6.65. The van der Waals surface area contributed by atoms with E-state index >= 15 is 0 Å². The molecule has 1 fully saturated rings. The van der Waals surface area contributed by atoms with Crippen LogP contribution < -0.4 is 0 Å². The highest BCUT2D eigenvalue weighted by Gasteiger charge is 2.43. The third-order valence-electron chi connectivity index (χ3n) is 5.00. The first-order chi connectivity index (χ1) is 12.9. The van der Waals surface area contributed by atoms with Gasteiger partial charge in [0.2, 0.25) is 0 Å². The fraction of sp³-hybridized carbons (Fsp3) is 0.286. The molecular weight excluding hydrogens is 372 g/mol. The molecule has 0 spiro atoms. The molecule has 0 saturated carbocycles. The van der Waals surface area contributed by atoms with Gasteiger partial charge in [-0.3, -0.25) is 0 Å². The maximum absolute atomic E-state index is 14.2. The Morgan fingerprint density at radius 1 is 1.30 bits per heavy atom. The average Bonchev–Trinajstić information content (AvgIpc) is 2.62. The van der Waals surface area contributed by atoms with Crippen molar-refractivity contribution in [3.05, 3.63) is 82.9 Å². The van der Waals surface area contributed by atoms with E-state index in [1.165, 1.54) is 23.1 Å². The topological polar surface area (TPSA) is 29.5 Å². The van der Waals surface area contributed by atoms with E-state index in [0.29, 0.717) is 35.5 Å². The summed E-state index contributed by atoms with van der Waals surface area (Å²) in [5.41, 5.74) is 0.179. The molecule has 1 unspecified atom stereocenters. The van der Waals surface area contributed by atoms with Gasteiger partial charge in [-0.25, -0.2) is 13.6 Å². The summed E-state index contributed by atoms with van der Waals surface area (Å²) in [5, 5.41) is 0.297. The van der Waals surface area contributed by atoms with Crippen molar-refractivity contribution in [3.63, 3.8) is 0 Å². The number of nitrogens with zero attached hydrogens (tertiary/aromatic N) is 1. The molecule has 0 aliphatic carbocycles. The molecule has 3 nitrogen and oxygen atoms in total. The highest BCUT2D eigenvalue weighted by Crippen LogP contribution is 2.40. The standard InChI is InChI=1S/C21H20ClF2NO2/c1-3-10-21(15-4-7-17(23)8-5-15)11-12-25(20(26)27-21)14(2)18-9-6-16(22)13-19(18)24/h3-9,13-14H,1,10-12H2,2H3/t14-,21?/m0/s1. The lowest BCUT2D eigenvalue weighted by atomic mass is 9.85. The number of carbonyl (C=O) groups is 1. The van der Waals surface area contributed by atoms with Crippen LogP contribution in [0, 0.1) is 11.6 Å². The Kier molecular flexibility index (Phi) is 5.51. The number of ether oxygens (including phenoxy) is 1. The summed E-state index contributed by atoms with van der Waals surface area (Å²) in [6.07, 6.45) is 2.01. The van der Waals surface area contributed by atoms with Gasteiger partial charge in [0.25, 0.3) is 0 Å². The number of benzene rings is 2. The molecule has 0 radical (unpaired) electrons. The van der Waals surface area contributed by atoms with E-state index in [1.807, 2.05) is 0 Å². The fourth-order valence-corrected chi connectivity index (χ4v) is 3.64. The molecule has 2 atom stereocenters. The van der Waals surface area contributed by atoms with Gasteiger partial charge >= 0.3 is 6.09 Å². The van der Waals surface area contributed by atoms with Crippen molar-refractivity contribution in [2.45, 2.75) is 31.4 Å². The molecule has 142 valence electrons. The van der Waals surface area contributed by atoms with Crippen LogP contribution in [0.25, 0.3) is 0 Å². The average molecular weight is 392 g/mol. The molecule has 0 bridgehead atoms. The number of cyclic esters (lactones) is 1. The number of carbonyl (C=O) groups excluding carboxylic acids is 1. The predicted octanol–water partition coefficient (Wildman–Crippen LogP) is 5.99. The lowest BCUT2D eigenvalue weighted by molar-refractivity contribution is -0.0590. The van der Waals surface area contributed by atoms with E-state index in [9.17, 15) is 13.6 Å². The zero-order valence-electron chi connectivity index (χ0n) is 14.9. The first kappa shape index (κ1) is 19.4. The first-order valence-corrected chi connectivity index (χ1v) is 9.05. The van der Waals surface area contributed by atoms with Crippen molar-refractivity contribution in [2.75, 3.05) is 6.54 Å². The van der Waals surface area contributed by atoms with Gasteiger partial charge in [-0.15, -0.1) is 6.58 Å². The van der Waals surface area contributed by atoms with Crippen LogP contribution in [-0.4, -0.2) is 17.5 Å². The quantitative estimate of drug-likeness (QED) is 0.585. The third-order valence-corrected chi connectivity index (χ3v) is 5.23. The molecule has 2 aromatic carbocycles. The molecule has 27 heavy (non-hydrogen) atoms. The van der Waals surface area contributed by atoms with Gasteiger partial charge in [0.1, 0.15) is 17.2 Å². The molecular formula is C21H20ClF2NO2. The molecule has 2 aromatic rings. The van der Waals surface area contributed by atoms with Gasteiger partial charge in [-0.1, -0.05) is 35.9 Å². The Labute approximate surface area is 162 Å². The van der Waals surface area contributed by atoms with Crippen LogP contribution in [0.15, 0.2) is 55.1 Å². The maximum atomic E-state index is 14.2. The Bertz CT molecular complexity index is 856. The minimum Gasteiger partial charge on any atom is -0.437 e. The number of halogens is 3. The molecule has 1 saturated heterocycles. The lowest BCUT2D eigenvalue weighted by Gasteiger charge is -2.43. The highest BCUT2D eigenvalue weighted by atomic mass is 35.5. The van der Waals surface area contributed by atoms with Crippen LogP contribution in [0.4, 0.5) is 13.6 Å². The summed E-state index contributed by atoms with van der Waals surface area (Å²) < 4.78 is 33.3. The fourth-order valence-electron chi connectivity index (χ4n) is 3.48. The van der Waals surface area contributed by atoms with Crippen molar-refractivity contribution in [2.24, 2.45) is 0 Å². The zero-order chi connectivity index (χ0) is 19.6. The zero-order valence-corrected chi connectivity index (χ0v) is 15.7. The Morgan fingerprint density at radius 2 is 2.00 bits per heavy atom. The van der Waals surface area contributed by atoms with E-state index in [1.54, 1.807) is 37.3 Å². The van der Waals surface area contributed by atoms with Crippen LogP contribution in [0.2, 0.25) is 5.02 Å². The first-order valence-electron chi connectivity index (χ1n) is 8.68. The van der Waals surface area contributed by atoms with Gasteiger partial charge in [0, 0.05) is 30.0 Å². The van der Waals surface area contributed by atoms with Crippen LogP contribution in [0.3, 0.4) is 0 Å². The number of hydrogen-bond acceptors (Lipinski definition) is 2. The smallest absolute Gasteiger partial charge is 0.411 e. The highest BCUT2D eigenvalue weighted by molar-refractivity contribution is 6.30. The minimum atomic E-state index is -0.901. The summed E-state index contributed by atoms with van der Waals surface area (Å²) in [4.78, 5) is 14.2. The molecule has 1 aliphatic heterocycles. The van der Waals surface area contributed by atoms with Crippen LogP contribution in [-0.2, 0) is 10.3 Å². The van der Waals surface area contributed by atoms with Crippen molar-refractivity contribution in [3.8, 4) is 0 Å². The number of hydrogen-bond donors (Lipinski definition) is 0. The Hall–Kier alpha value is -2.40. The van der Waals surface area contributed by atoms with Crippen LogP contribution in [0.5, 0.6) is 0 Å². The van der Waals surface area contributed by atoms with Gasteiger partial charge in [0.05, 0.1) is 6.04 Å². The van der Waals surface area contributed by atoms with Crippen molar-refractivity contribution in [1.82, 2.24) is 4.90 Å². The maximum Gasteiger partial charge on any atom is 0.411 e. The lowest BCUT2D eigenvalue weighted by Crippen LogP contribution is -2.48. The molecule has 1 aliphatic rings. The summed E-state index contributed by atoms with van der Waals surface area (Å²) in [7, 11) is 0. The molecule has 0 N–H and O–H groups in total. The normalized spacial score (nSPS) is 20.9. The minimum absolute atomic E-state index is 0.297. The summed E-state index contributed by atoms with van der Waals surface area (Å²) in [6.45, 7) is 5.86. The van der Waals surface area contributed by atoms with Crippen LogP contribution in [0.1, 0.15) is 36.9 Å². The predicted molar refractivity (Wildman–Crippen MR) is 101 cm³/mol. The number of rotatable bonds is 5. The Balaban J connectivity index is 1.85. The molecule has 0 aromatic heterocycles. The van der Waals surface area contributed by atoms with E-state index in [0.717, 1.165) is 0 Å². The number of amides is 1. The second kappa shape index (κ2) is 7.69. The van der Waals surface area contributed by atoms with Crippen molar-refractivity contribution in [1.29, 1.82) is 0 Å². The van der Waals surface area contributed by atoms with Crippen molar-refractivity contribution >= 4 is 17.7 Å². The SMILES string of the molecule is C=CCC1(c2ccc(F)cc2)CCN([C@@H](C)c2ccc(Cl)cc2F)C(=O)O1. The van der Waals surface area contributed by atoms with E-state index in [4.69, 9.17) is 16.3 Å². The van der Waals surface area contributed by atoms with Crippen molar-refractivity contribution < 1.29 is 18.3 Å². The van der Waals surface area contributed by atoms with Gasteiger partial charge in [-0.05, 0) is 36.8 Å². The van der Waals surface area contributed by atoms with E-state index in [-0.39, 0.29) is 5.82 Å². The monoisotopic (exact) mass is 391 g/mol. The molecule has 1 amide bonds. The van der Waals surface area contributed by atoms with Gasteiger partial charge in [0.15, 0.2) is 0 Å². The van der Waals surface area contributed by atoms with Gasteiger partial charge < -0.3 is 9.64 Å². The van der Waals surface area contributed by atoms with Gasteiger partial charge in [-0.2, -0.15) is 0 Å². The van der Waals surface area contributed by atoms with E-state index in [2.05, 4.69) is 6.58 Å². The second-order valence-corrected chi connectivity index (χ2v) is 7.08. The summed E-state index contributed by atoms with van der Waals surface area (Å²) in [5.74, 6) is -0.827. The molecule has 6 heteroatoms. The summed E-state index contributed by atoms with van der Waals surface area (Å²) >= 11 is 5.81.